The first kappa shape index (κ1) is 22.1. The van der Waals surface area contributed by atoms with Gasteiger partial charge < -0.3 is 9.80 Å². The Bertz CT molecular complexity index is 1050. The molecule has 3 amide bonds. The van der Waals surface area contributed by atoms with E-state index in [1.807, 2.05) is 29.6 Å². The van der Waals surface area contributed by atoms with Crippen molar-refractivity contribution in [2.45, 2.75) is 45.6 Å². The Morgan fingerprint density at radius 1 is 1.12 bits per heavy atom. The SMILES string of the molecule is CCCN(CC1CC1)C(=O)[C@H]1CCCN(c2cccc3c2C(=O)N(Cc2cccs2)C3=O)C1. The van der Waals surface area contributed by atoms with E-state index < -0.39 is 0 Å². The third kappa shape index (κ3) is 4.43. The van der Waals surface area contributed by atoms with E-state index in [1.165, 1.54) is 17.7 Å². The molecule has 7 heteroatoms. The summed E-state index contributed by atoms with van der Waals surface area (Å²) in [7, 11) is 0. The average molecular weight is 466 g/mol. The quantitative estimate of drug-likeness (QED) is 0.542. The molecular weight excluding hydrogens is 434 g/mol. The minimum Gasteiger partial charge on any atom is -0.370 e. The van der Waals surface area contributed by atoms with Crippen LogP contribution in [-0.2, 0) is 11.3 Å². The summed E-state index contributed by atoms with van der Waals surface area (Å²) in [4.78, 5) is 46.3. The molecule has 0 bridgehead atoms. The van der Waals surface area contributed by atoms with Gasteiger partial charge in [0, 0.05) is 31.1 Å². The lowest BCUT2D eigenvalue weighted by molar-refractivity contribution is -0.136. The van der Waals surface area contributed by atoms with Crippen LogP contribution < -0.4 is 4.90 Å². The number of piperidine rings is 1. The van der Waals surface area contributed by atoms with E-state index in [-0.39, 0.29) is 23.6 Å². The monoisotopic (exact) mass is 465 g/mol. The number of hydrogen-bond acceptors (Lipinski definition) is 5. The van der Waals surface area contributed by atoms with Crippen LogP contribution in [-0.4, -0.2) is 53.7 Å². The number of hydrogen-bond donors (Lipinski definition) is 0. The van der Waals surface area contributed by atoms with Gasteiger partial charge in [0.1, 0.15) is 0 Å². The Balaban J connectivity index is 1.36. The second kappa shape index (κ2) is 9.29. The summed E-state index contributed by atoms with van der Waals surface area (Å²) in [6.45, 7) is 5.53. The molecule has 0 unspecified atom stereocenters. The van der Waals surface area contributed by atoms with Gasteiger partial charge in [0.15, 0.2) is 0 Å². The van der Waals surface area contributed by atoms with Gasteiger partial charge in [-0.2, -0.15) is 0 Å². The van der Waals surface area contributed by atoms with Gasteiger partial charge in [-0.1, -0.05) is 19.1 Å². The zero-order valence-electron chi connectivity index (χ0n) is 19.2. The highest BCUT2D eigenvalue weighted by Gasteiger charge is 2.40. The number of imide groups is 1. The standard InChI is InChI=1S/C26H31N3O3S/c1-2-12-28(15-18-10-11-18)24(30)19-6-4-13-27(16-19)22-9-3-8-21-23(22)26(32)29(25(21)31)17-20-7-5-14-33-20/h3,5,7-9,14,18-19H,2,4,6,10-13,15-17H2,1H3/t19-/m0/s1. The fraction of sp³-hybridized carbons (Fsp3) is 0.500. The maximum atomic E-state index is 13.4. The first-order chi connectivity index (χ1) is 16.1. The number of carbonyl (C=O) groups excluding carboxylic acids is 3. The third-order valence-electron chi connectivity index (χ3n) is 6.96. The minimum absolute atomic E-state index is 0.0608. The summed E-state index contributed by atoms with van der Waals surface area (Å²) in [6, 6.07) is 9.41. The Hall–Kier alpha value is -2.67. The second-order valence-corrected chi connectivity index (χ2v) is 10.5. The van der Waals surface area contributed by atoms with Gasteiger partial charge in [-0.05, 0) is 61.6 Å². The first-order valence-corrected chi connectivity index (χ1v) is 13.0. The molecule has 174 valence electrons. The van der Waals surface area contributed by atoms with Crippen molar-refractivity contribution in [3.05, 3.63) is 51.7 Å². The summed E-state index contributed by atoms with van der Waals surface area (Å²) < 4.78 is 0. The van der Waals surface area contributed by atoms with Crippen molar-refractivity contribution in [2.75, 3.05) is 31.1 Å². The van der Waals surface area contributed by atoms with Crippen LogP contribution in [0.15, 0.2) is 35.7 Å². The van der Waals surface area contributed by atoms with Gasteiger partial charge in [0.05, 0.1) is 29.3 Å². The Morgan fingerprint density at radius 2 is 1.97 bits per heavy atom. The van der Waals surface area contributed by atoms with Crippen LogP contribution >= 0.6 is 11.3 Å². The first-order valence-electron chi connectivity index (χ1n) is 12.1. The third-order valence-corrected chi connectivity index (χ3v) is 7.82. The van der Waals surface area contributed by atoms with Gasteiger partial charge in [-0.3, -0.25) is 19.3 Å². The zero-order valence-corrected chi connectivity index (χ0v) is 20.0. The van der Waals surface area contributed by atoms with E-state index in [4.69, 9.17) is 0 Å². The van der Waals surface area contributed by atoms with Gasteiger partial charge in [0.2, 0.25) is 5.91 Å². The fourth-order valence-corrected chi connectivity index (χ4v) is 5.80. The van der Waals surface area contributed by atoms with Gasteiger partial charge >= 0.3 is 0 Å². The number of rotatable bonds is 8. The molecule has 6 nitrogen and oxygen atoms in total. The molecule has 1 saturated carbocycles. The summed E-state index contributed by atoms with van der Waals surface area (Å²) in [5.41, 5.74) is 1.76. The zero-order chi connectivity index (χ0) is 22.9. The highest BCUT2D eigenvalue weighted by atomic mass is 32.1. The minimum atomic E-state index is -0.228. The van der Waals surface area contributed by atoms with Crippen LogP contribution in [0.4, 0.5) is 5.69 Å². The van der Waals surface area contributed by atoms with Crippen LogP contribution in [0.1, 0.15) is 64.6 Å². The molecule has 1 aromatic heterocycles. The molecule has 33 heavy (non-hydrogen) atoms. The lowest BCUT2D eigenvalue weighted by atomic mass is 9.94. The molecule has 0 spiro atoms. The Kier molecular flexibility index (Phi) is 6.23. The van der Waals surface area contributed by atoms with Gasteiger partial charge in [-0.25, -0.2) is 0 Å². The van der Waals surface area contributed by atoms with Crippen LogP contribution in [0.3, 0.4) is 0 Å². The number of amides is 3. The molecule has 1 atom stereocenters. The number of fused-ring (bicyclic) bond motifs is 1. The van der Waals surface area contributed by atoms with Crippen molar-refractivity contribution in [3.8, 4) is 0 Å². The molecule has 3 heterocycles. The average Bonchev–Trinajstić information content (AvgIpc) is 3.44. The largest absolute Gasteiger partial charge is 0.370 e. The summed E-state index contributed by atoms with van der Waals surface area (Å²) in [5, 5.41) is 1.95. The predicted molar refractivity (Wildman–Crippen MR) is 129 cm³/mol. The molecule has 2 aromatic rings. The molecule has 1 aromatic carbocycles. The Morgan fingerprint density at radius 3 is 2.70 bits per heavy atom. The molecule has 2 fully saturated rings. The van der Waals surface area contributed by atoms with Crippen molar-refractivity contribution >= 4 is 34.7 Å². The maximum absolute atomic E-state index is 13.4. The maximum Gasteiger partial charge on any atom is 0.264 e. The van der Waals surface area contributed by atoms with Crippen molar-refractivity contribution in [1.29, 1.82) is 0 Å². The molecule has 1 saturated heterocycles. The lowest BCUT2D eigenvalue weighted by Gasteiger charge is -2.37. The number of carbonyl (C=O) groups is 3. The van der Waals surface area contributed by atoms with Crippen molar-refractivity contribution in [3.63, 3.8) is 0 Å². The summed E-state index contributed by atoms with van der Waals surface area (Å²) >= 11 is 1.54. The number of anilines is 1. The molecule has 1 aliphatic carbocycles. The summed E-state index contributed by atoms with van der Waals surface area (Å²) in [6.07, 6.45) is 5.23. The summed E-state index contributed by atoms with van der Waals surface area (Å²) in [5.74, 6) is 0.412. The van der Waals surface area contributed by atoms with E-state index in [9.17, 15) is 14.4 Å². The normalized spacial score (nSPS) is 20.3. The van der Waals surface area contributed by atoms with E-state index in [2.05, 4.69) is 16.7 Å². The van der Waals surface area contributed by atoms with E-state index >= 15 is 0 Å². The number of nitrogens with zero attached hydrogens (tertiary/aromatic N) is 3. The van der Waals surface area contributed by atoms with Crippen LogP contribution in [0.25, 0.3) is 0 Å². The fourth-order valence-electron chi connectivity index (χ4n) is 5.11. The Labute approximate surface area is 199 Å². The topological polar surface area (TPSA) is 60.9 Å². The second-order valence-electron chi connectivity index (χ2n) is 9.49. The van der Waals surface area contributed by atoms with E-state index in [0.717, 1.165) is 49.5 Å². The number of thiophene rings is 1. The molecule has 0 N–H and O–H groups in total. The van der Waals surface area contributed by atoms with Crippen molar-refractivity contribution in [1.82, 2.24) is 9.80 Å². The van der Waals surface area contributed by atoms with Crippen LogP contribution in [0, 0.1) is 11.8 Å². The van der Waals surface area contributed by atoms with Crippen molar-refractivity contribution < 1.29 is 14.4 Å². The van der Waals surface area contributed by atoms with E-state index in [1.54, 1.807) is 17.4 Å². The van der Waals surface area contributed by atoms with Crippen LogP contribution in [0.5, 0.6) is 0 Å². The highest BCUT2D eigenvalue weighted by Crippen LogP contribution is 2.36. The molecule has 2 aliphatic heterocycles. The predicted octanol–water partition coefficient (Wildman–Crippen LogP) is 4.41. The van der Waals surface area contributed by atoms with Gasteiger partial charge in [-0.15, -0.1) is 11.3 Å². The lowest BCUT2D eigenvalue weighted by Crippen LogP contribution is -2.46. The van der Waals surface area contributed by atoms with E-state index in [0.29, 0.717) is 30.1 Å². The molecule has 5 rings (SSSR count). The smallest absolute Gasteiger partial charge is 0.264 e. The van der Waals surface area contributed by atoms with Gasteiger partial charge in [0.25, 0.3) is 11.8 Å². The number of benzene rings is 1. The molecular formula is C26H31N3O3S. The molecule has 3 aliphatic rings. The van der Waals surface area contributed by atoms with Crippen molar-refractivity contribution in [2.24, 2.45) is 11.8 Å². The highest BCUT2D eigenvalue weighted by molar-refractivity contribution is 7.09. The van der Waals surface area contributed by atoms with Crippen LogP contribution in [0.2, 0.25) is 0 Å². The molecule has 0 radical (unpaired) electrons.